The van der Waals surface area contributed by atoms with Crippen molar-refractivity contribution < 1.29 is 47.0 Å². The van der Waals surface area contributed by atoms with Gasteiger partial charge in [0.1, 0.15) is 35.2 Å². The molecular formula is C54H68N9O11P. The van der Waals surface area contributed by atoms with Gasteiger partial charge >= 0.3 is 5.69 Å². The van der Waals surface area contributed by atoms with Crippen molar-refractivity contribution in [3.8, 4) is 17.6 Å². The Balaban J connectivity index is 1.38. The molecule has 4 aromatic carbocycles. The monoisotopic (exact) mass is 1050 g/mol. The van der Waals surface area contributed by atoms with Crippen LogP contribution in [0.2, 0.25) is 0 Å². The molecule has 1 aromatic heterocycles. The first-order valence-electron chi connectivity index (χ1n) is 24.9. The van der Waals surface area contributed by atoms with Crippen molar-refractivity contribution in [2.45, 2.75) is 76.7 Å². The van der Waals surface area contributed by atoms with Crippen LogP contribution in [0.5, 0.6) is 11.5 Å². The summed E-state index contributed by atoms with van der Waals surface area (Å²) in [5.74, 6) is 0.982. The van der Waals surface area contributed by atoms with Gasteiger partial charge in [-0.2, -0.15) is 10.2 Å². The van der Waals surface area contributed by atoms with E-state index in [2.05, 4.69) is 31.1 Å². The fourth-order valence-corrected chi connectivity index (χ4v) is 11.7. The van der Waals surface area contributed by atoms with Crippen molar-refractivity contribution >= 4 is 19.4 Å². The van der Waals surface area contributed by atoms with Crippen LogP contribution in [0.4, 0.5) is 5.82 Å². The number of anilines is 1. The van der Waals surface area contributed by atoms with Gasteiger partial charge in [0.2, 0.25) is 0 Å². The van der Waals surface area contributed by atoms with E-state index in [1.165, 1.54) is 10.8 Å². The standard InChI is InChI=1S/C54H68N9O11P/c1-40(2)63(41(3)4)75(72-31-13-27-55,58-29-33-69-35-37-70-36-34-68-32-28-57-61-56)74-48-38-51(62-30-26-50(60-53(62)65)59-52(64)42-14-9-7-10-15-42)73-49(48)39-71-54(43-16-11-8-12-17-43,44-18-22-46(66-5)23-19-44)45-20-24-47(67-6)25-21-45/h7-12,14-26,30,40-41,48-49,51H,13,28-29,31-39H2,1-6H3,(H,59,60,64,65)/t48-,49+,51+,75?/m0/s1. The lowest BCUT2D eigenvalue weighted by atomic mass is 9.80. The maximum absolute atomic E-state index is 14.0. The lowest BCUT2D eigenvalue weighted by molar-refractivity contribution is -0.0929. The van der Waals surface area contributed by atoms with E-state index in [0.29, 0.717) is 43.5 Å². The van der Waals surface area contributed by atoms with Gasteiger partial charge in [0.05, 0.1) is 92.2 Å². The van der Waals surface area contributed by atoms with Crippen LogP contribution in [0.15, 0.2) is 136 Å². The van der Waals surface area contributed by atoms with Crippen LogP contribution in [0.3, 0.4) is 0 Å². The highest BCUT2D eigenvalue weighted by Gasteiger charge is 2.47. The third-order valence-electron chi connectivity index (χ3n) is 12.0. The summed E-state index contributed by atoms with van der Waals surface area (Å²) >= 11 is 0. The Morgan fingerprint density at radius 3 is 1.93 bits per heavy atom. The van der Waals surface area contributed by atoms with E-state index in [0.717, 1.165) is 16.7 Å². The normalized spacial score (nSPS) is 16.3. The van der Waals surface area contributed by atoms with Crippen LogP contribution in [-0.2, 0) is 38.3 Å². The molecule has 0 saturated carbocycles. The summed E-state index contributed by atoms with van der Waals surface area (Å²) in [6, 6.07) is 37.3. The van der Waals surface area contributed by atoms with E-state index >= 15 is 0 Å². The van der Waals surface area contributed by atoms with Gasteiger partial charge in [0.25, 0.3) is 13.6 Å². The number of azide groups is 1. The zero-order valence-corrected chi connectivity index (χ0v) is 44.3. The van der Waals surface area contributed by atoms with Gasteiger partial charge in [0.15, 0.2) is 0 Å². The van der Waals surface area contributed by atoms with Crippen molar-refractivity contribution in [1.82, 2.24) is 14.2 Å². The molecule has 1 aliphatic rings. The number of aromatic nitrogens is 2. The third kappa shape index (κ3) is 15.8. The number of carbonyl (C=O) groups excluding carboxylic acids is 1. The SMILES string of the molecule is COc1ccc(C(OC[C@H]2O[C@@H](n3ccc(NC(=O)c4ccccc4)nc3=O)C[C@@H]2OP(=NCCOCCOCCOCCN=[N+]=[N-])(OCCC#N)N(C(C)C)C(C)C)(c2ccccc2)c2ccc(OC)cc2)cc1. The molecule has 6 rings (SSSR count). The van der Waals surface area contributed by atoms with Gasteiger partial charge < -0.3 is 47.5 Å². The molecule has 1 aliphatic heterocycles. The second kappa shape index (κ2) is 29.6. The van der Waals surface area contributed by atoms with E-state index < -0.39 is 43.3 Å². The molecule has 75 heavy (non-hydrogen) atoms. The highest BCUT2D eigenvalue weighted by Crippen LogP contribution is 2.60. The van der Waals surface area contributed by atoms with E-state index in [-0.39, 0.29) is 70.3 Å². The van der Waals surface area contributed by atoms with Gasteiger partial charge in [-0.1, -0.05) is 77.9 Å². The Hall–Kier alpha value is -6.46. The molecule has 2 heterocycles. The van der Waals surface area contributed by atoms with Gasteiger partial charge in [-0.05, 0) is 92.4 Å². The molecule has 400 valence electrons. The molecule has 0 spiro atoms. The van der Waals surface area contributed by atoms with Crippen LogP contribution in [0, 0.1) is 11.3 Å². The minimum atomic E-state index is -3.52. The largest absolute Gasteiger partial charge is 0.497 e. The van der Waals surface area contributed by atoms with Crippen molar-refractivity contribution in [2.24, 2.45) is 9.86 Å². The zero-order chi connectivity index (χ0) is 53.5. The molecule has 1 unspecified atom stereocenters. The van der Waals surface area contributed by atoms with Crippen molar-refractivity contribution in [1.29, 1.82) is 5.26 Å². The predicted molar refractivity (Wildman–Crippen MR) is 284 cm³/mol. The molecule has 5 aromatic rings. The predicted octanol–water partition coefficient (Wildman–Crippen LogP) is 9.55. The summed E-state index contributed by atoms with van der Waals surface area (Å²) in [7, 11) is -0.294. The average Bonchev–Trinajstić information content (AvgIpc) is 3.82. The number of hydrogen-bond acceptors (Lipinski definition) is 15. The Bertz CT molecular complexity index is 2680. The molecular weight excluding hydrogens is 982 g/mol. The quantitative estimate of drug-likeness (QED) is 0.0109. The summed E-state index contributed by atoms with van der Waals surface area (Å²) in [6.45, 7) is 10.3. The number of hydrogen-bond donors (Lipinski definition) is 1. The molecule has 1 fully saturated rings. The molecule has 0 aliphatic carbocycles. The zero-order valence-electron chi connectivity index (χ0n) is 43.4. The third-order valence-corrected chi connectivity index (χ3v) is 15.1. The topological polar surface area (TPSA) is 235 Å². The second-order valence-electron chi connectivity index (χ2n) is 17.6. The molecule has 0 bridgehead atoms. The van der Waals surface area contributed by atoms with Gasteiger partial charge in [0, 0.05) is 41.7 Å². The van der Waals surface area contributed by atoms with Crippen molar-refractivity contribution in [3.05, 3.63) is 165 Å². The summed E-state index contributed by atoms with van der Waals surface area (Å²) in [6.07, 6.45) is -0.896. The molecule has 1 amide bonds. The molecule has 1 N–H and O–H groups in total. The van der Waals surface area contributed by atoms with E-state index in [1.807, 2.05) is 107 Å². The summed E-state index contributed by atoms with van der Waals surface area (Å²) in [5.41, 5.74) is 9.35. The number of nitriles is 1. The number of ether oxygens (including phenoxy) is 7. The van der Waals surface area contributed by atoms with Crippen molar-refractivity contribution in [3.63, 3.8) is 0 Å². The molecule has 21 heteroatoms. The van der Waals surface area contributed by atoms with Crippen LogP contribution in [0.1, 0.15) is 73.8 Å². The number of nitrogens with one attached hydrogen (secondary N) is 1. The van der Waals surface area contributed by atoms with Crippen LogP contribution in [-0.4, -0.2) is 125 Å². The maximum Gasteiger partial charge on any atom is 0.351 e. The Morgan fingerprint density at radius 2 is 1.39 bits per heavy atom. The maximum atomic E-state index is 14.0. The van der Waals surface area contributed by atoms with Crippen LogP contribution >= 0.6 is 7.66 Å². The summed E-state index contributed by atoms with van der Waals surface area (Å²) in [5, 5.41) is 15.9. The fraction of sp³-hybridized carbons (Fsp3) is 0.444. The molecule has 4 atom stereocenters. The minimum absolute atomic E-state index is 0.0210. The Labute approximate surface area is 438 Å². The summed E-state index contributed by atoms with van der Waals surface area (Å²) in [4.78, 5) is 34.1. The number of nitrogens with zero attached hydrogens (tertiary/aromatic N) is 8. The molecule has 1 saturated heterocycles. The lowest BCUT2D eigenvalue weighted by Gasteiger charge is -2.42. The smallest absolute Gasteiger partial charge is 0.351 e. The van der Waals surface area contributed by atoms with Crippen LogP contribution in [0.25, 0.3) is 10.4 Å². The number of rotatable bonds is 31. The van der Waals surface area contributed by atoms with E-state index in [4.69, 9.17) is 52.5 Å². The Morgan fingerprint density at radius 1 is 0.827 bits per heavy atom. The summed E-state index contributed by atoms with van der Waals surface area (Å²) < 4.78 is 65.4. The number of carbonyl (C=O) groups is 1. The second-order valence-corrected chi connectivity index (χ2v) is 19.8. The average molecular weight is 1050 g/mol. The number of methoxy groups -OCH3 is 2. The first kappa shape index (κ1) is 57.8. The Kier molecular flexibility index (Phi) is 22.8. The molecule has 0 radical (unpaired) electrons. The lowest BCUT2D eigenvalue weighted by Crippen LogP contribution is -2.40. The van der Waals surface area contributed by atoms with Gasteiger partial charge in [-0.3, -0.25) is 9.36 Å². The van der Waals surface area contributed by atoms with Gasteiger partial charge in [-0.25, -0.2) is 14.2 Å². The number of benzene rings is 4. The van der Waals surface area contributed by atoms with Gasteiger partial charge in [-0.15, -0.1) is 0 Å². The van der Waals surface area contributed by atoms with E-state index in [1.54, 1.807) is 50.6 Å². The van der Waals surface area contributed by atoms with E-state index in [9.17, 15) is 14.9 Å². The number of amides is 1. The first-order valence-corrected chi connectivity index (χ1v) is 26.4. The minimum Gasteiger partial charge on any atom is -0.497 e. The van der Waals surface area contributed by atoms with Crippen LogP contribution < -0.4 is 20.5 Å². The molecule has 20 nitrogen and oxygen atoms in total. The van der Waals surface area contributed by atoms with Crippen molar-refractivity contribution in [2.75, 3.05) is 85.5 Å². The fourth-order valence-electron chi connectivity index (χ4n) is 8.68. The first-order chi connectivity index (χ1) is 36.5. The highest BCUT2D eigenvalue weighted by atomic mass is 31.2. The highest BCUT2D eigenvalue weighted by molar-refractivity contribution is 7.54.